The molecule has 1 aliphatic heterocycles. The van der Waals surface area contributed by atoms with Gasteiger partial charge in [0.15, 0.2) is 0 Å². The summed E-state index contributed by atoms with van der Waals surface area (Å²) in [6, 6.07) is 7.68. The van der Waals surface area contributed by atoms with Crippen molar-refractivity contribution >= 4 is 15.7 Å². The summed E-state index contributed by atoms with van der Waals surface area (Å²) >= 11 is 0. The summed E-state index contributed by atoms with van der Waals surface area (Å²) in [7, 11) is -3.19. The molecular weight excluding hydrogens is 248 g/mol. The maximum absolute atomic E-state index is 11.1. The van der Waals surface area contributed by atoms with Crippen LogP contribution >= 0.6 is 0 Å². The van der Waals surface area contributed by atoms with E-state index in [1.54, 1.807) is 0 Å². The highest BCUT2D eigenvalue weighted by molar-refractivity contribution is 7.92. The van der Waals surface area contributed by atoms with Crippen LogP contribution in [0.2, 0.25) is 0 Å². The van der Waals surface area contributed by atoms with E-state index in [0.29, 0.717) is 17.5 Å². The van der Waals surface area contributed by atoms with Crippen LogP contribution < -0.4 is 10.0 Å². The van der Waals surface area contributed by atoms with E-state index < -0.39 is 10.0 Å². The Labute approximate surface area is 109 Å². The molecule has 1 saturated heterocycles. The average molecular weight is 268 g/mol. The quantitative estimate of drug-likeness (QED) is 0.878. The minimum atomic E-state index is -3.19. The number of hydrogen-bond acceptors (Lipinski definition) is 3. The Morgan fingerprint density at radius 3 is 2.44 bits per heavy atom. The van der Waals surface area contributed by atoms with Crippen molar-refractivity contribution in [3.63, 3.8) is 0 Å². The molecule has 0 bridgehead atoms. The highest BCUT2D eigenvalue weighted by Crippen LogP contribution is 2.27. The largest absolute Gasteiger partial charge is 0.316 e. The lowest BCUT2D eigenvalue weighted by Gasteiger charge is -2.28. The number of sulfonamides is 1. The maximum atomic E-state index is 11.1. The molecule has 5 heteroatoms. The third kappa shape index (κ3) is 3.71. The Morgan fingerprint density at radius 1 is 1.22 bits per heavy atom. The van der Waals surface area contributed by atoms with E-state index in [-0.39, 0.29) is 0 Å². The van der Waals surface area contributed by atoms with Crippen LogP contribution in [0, 0.1) is 5.92 Å². The van der Waals surface area contributed by atoms with Crippen molar-refractivity contribution in [2.75, 3.05) is 24.1 Å². The number of nitrogens with one attached hydrogen (secondary N) is 2. The molecule has 0 aromatic heterocycles. The molecule has 2 atom stereocenters. The number of anilines is 1. The number of rotatable bonds is 3. The zero-order valence-electron chi connectivity index (χ0n) is 10.8. The minimum absolute atomic E-state index is 0.529. The molecule has 1 heterocycles. The van der Waals surface area contributed by atoms with Crippen molar-refractivity contribution in [3.05, 3.63) is 29.8 Å². The first kappa shape index (κ1) is 13.4. The van der Waals surface area contributed by atoms with E-state index in [9.17, 15) is 8.42 Å². The van der Waals surface area contributed by atoms with Gasteiger partial charge in [0.25, 0.3) is 0 Å². The molecular formula is C13H20N2O2S. The molecule has 0 spiro atoms. The van der Waals surface area contributed by atoms with E-state index in [1.165, 1.54) is 12.0 Å². The lowest BCUT2D eigenvalue weighted by molar-refractivity contribution is 0.364. The van der Waals surface area contributed by atoms with Gasteiger partial charge in [0.05, 0.1) is 6.26 Å². The van der Waals surface area contributed by atoms with Crippen LogP contribution in [0.5, 0.6) is 0 Å². The second-order valence-electron chi connectivity index (χ2n) is 5.19. The summed E-state index contributed by atoms with van der Waals surface area (Å²) < 4.78 is 24.7. The van der Waals surface area contributed by atoms with Crippen LogP contribution in [-0.4, -0.2) is 27.8 Å². The SMILES string of the molecule is CC1CNCC(c2ccc(NS(C)(=O)=O)cc2)C1. The molecule has 2 N–H and O–H groups in total. The highest BCUT2D eigenvalue weighted by atomic mass is 32.2. The van der Waals surface area contributed by atoms with Gasteiger partial charge in [-0.05, 0) is 42.5 Å². The summed E-state index contributed by atoms with van der Waals surface area (Å²) in [5, 5.41) is 3.42. The summed E-state index contributed by atoms with van der Waals surface area (Å²) in [5.41, 5.74) is 1.89. The molecule has 4 nitrogen and oxygen atoms in total. The third-order valence-electron chi connectivity index (χ3n) is 3.26. The third-order valence-corrected chi connectivity index (χ3v) is 3.86. The van der Waals surface area contributed by atoms with E-state index in [2.05, 4.69) is 17.0 Å². The van der Waals surface area contributed by atoms with Crippen LogP contribution in [0.25, 0.3) is 0 Å². The van der Waals surface area contributed by atoms with Crippen molar-refractivity contribution in [3.8, 4) is 0 Å². The van der Waals surface area contributed by atoms with E-state index in [0.717, 1.165) is 19.3 Å². The van der Waals surface area contributed by atoms with Gasteiger partial charge in [0.1, 0.15) is 0 Å². The smallest absolute Gasteiger partial charge is 0.229 e. The van der Waals surface area contributed by atoms with Gasteiger partial charge < -0.3 is 5.32 Å². The summed E-state index contributed by atoms with van der Waals surface area (Å²) in [5.74, 6) is 1.22. The molecule has 2 unspecified atom stereocenters. The van der Waals surface area contributed by atoms with Gasteiger partial charge in [-0.25, -0.2) is 8.42 Å². The molecule has 1 aromatic rings. The van der Waals surface area contributed by atoms with Gasteiger partial charge in [-0.15, -0.1) is 0 Å². The monoisotopic (exact) mass is 268 g/mol. The lowest BCUT2D eigenvalue weighted by Crippen LogP contribution is -2.33. The minimum Gasteiger partial charge on any atom is -0.316 e. The molecule has 18 heavy (non-hydrogen) atoms. The van der Waals surface area contributed by atoms with E-state index in [1.807, 2.05) is 24.3 Å². The fraction of sp³-hybridized carbons (Fsp3) is 0.538. The normalized spacial score (nSPS) is 24.8. The molecule has 0 aliphatic carbocycles. The predicted molar refractivity (Wildman–Crippen MR) is 74.3 cm³/mol. The van der Waals surface area contributed by atoms with Gasteiger partial charge >= 0.3 is 0 Å². The van der Waals surface area contributed by atoms with Crippen molar-refractivity contribution < 1.29 is 8.42 Å². The van der Waals surface area contributed by atoms with Gasteiger partial charge in [0, 0.05) is 12.2 Å². The van der Waals surface area contributed by atoms with Crippen molar-refractivity contribution in [1.29, 1.82) is 0 Å². The molecule has 1 aromatic carbocycles. The molecule has 2 rings (SSSR count). The molecule has 0 amide bonds. The van der Waals surface area contributed by atoms with Gasteiger partial charge in [-0.1, -0.05) is 19.1 Å². The molecule has 1 fully saturated rings. The predicted octanol–water partition coefficient (Wildman–Crippen LogP) is 1.77. The van der Waals surface area contributed by atoms with E-state index >= 15 is 0 Å². The number of piperidine rings is 1. The number of benzene rings is 1. The zero-order chi connectivity index (χ0) is 13.2. The van der Waals surface area contributed by atoms with E-state index in [4.69, 9.17) is 0 Å². The first-order valence-corrected chi connectivity index (χ1v) is 8.11. The summed E-state index contributed by atoms with van der Waals surface area (Å²) in [6.07, 6.45) is 2.35. The fourth-order valence-corrected chi connectivity index (χ4v) is 3.01. The average Bonchev–Trinajstić information content (AvgIpc) is 2.28. The number of hydrogen-bond donors (Lipinski definition) is 2. The Morgan fingerprint density at radius 2 is 1.89 bits per heavy atom. The first-order chi connectivity index (χ1) is 8.44. The first-order valence-electron chi connectivity index (χ1n) is 6.22. The summed E-state index contributed by atoms with van der Waals surface area (Å²) in [6.45, 7) is 4.34. The Hall–Kier alpha value is -1.07. The second kappa shape index (κ2) is 5.28. The van der Waals surface area contributed by atoms with Crippen LogP contribution in [0.15, 0.2) is 24.3 Å². The Kier molecular flexibility index (Phi) is 3.92. The maximum Gasteiger partial charge on any atom is 0.229 e. The van der Waals surface area contributed by atoms with Crippen LogP contribution in [0.4, 0.5) is 5.69 Å². The van der Waals surface area contributed by atoms with Crippen LogP contribution in [0.3, 0.4) is 0 Å². The van der Waals surface area contributed by atoms with Crippen LogP contribution in [0.1, 0.15) is 24.8 Å². The van der Waals surface area contributed by atoms with Crippen molar-refractivity contribution in [2.45, 2.75) is 19.3 Å². The van der Waals surface area contributed by atoms with Gasteiger partial charge in [0.2, 0.25) is 10.0 Å². The van der Waals surface area contributed by atoms with Gasteiger partial charge in [-0.3, -0.25) is 4.72 Å². The highest BCUT2D eigenvalue weighted by Gasteiger charge is 2.19. The van der Waals surface area contributed by atoms with Gasteiger partial charge in [-0.2, -0.15) is 0 Å². The fourth-order valence-electron chi connectivity index (χ4n) is 2.45. The molecule has 0 radical (unpaired) electrons. The Bertz CT molecular complexity index is 496. The van der Waals surface area contributed by atoms with Crippen molar-refractivity contribution in [2.24, 2.45) is 5.92 Å². The summed E-state index contributed by atoms with van der Waals surface area (Å²) in [4.78, 5) is 0. The second-order valence-corrected chi connectivity index (χ2v) is 6.94. The standard InChI is InChI=1S/C13H20N2O2S/c1-10-7-12(9-14-8-10)11-3-5-13(6-4-11)15-18(2,16)17/h3-6,10,12,14-15H,7-9H2,1-2H3. The van der Waals surface area contributed by atoms with Crippen molar-refractivity contribution in [1.82, 2.24) is 5.32 Å². The zero-order valence-corrected chi connectivity index (χ0v) is 11.6. The Balaban J connectivity index is 2.07. The topological polar surface area (TPSA) is 58.2 Å². The molecule has 1 aliphatic rings. The molecule has 0 saturated carbocycles. The molecule has 100 valence electrons. The lowest BCUT2D eigenvalue weighted by atomic mass is 9.86. The van der Waals surface area contributed by atoms with Crippen LogP contribution in [-0.2, 0) is 10.0 Å².